The molecule has 3 heteroatoms. The van der Waals surface area contributed by atoms with Gasteiger partial charge in [0.25, 0.3) is 0 Å². The molecule has 0 aliphatic heterocycles. The summed E-state index contributed by atoms with van der Waals surface area (Å²) < 4.78 is 0. The number of hydrogen-bond acceptors (Lipinski definition) is 1. The standard InChI is InChI=1S/C7H14N2P/c1-6(2)3-7(9)4-10-5-8/h4-6,9H,3,8H2,1-2H3/q+1. The van der Waals surface area contributed by atoms with Crippen LogP contribution in [0.3, 0.4) is 0 Å². The van der Waals surface area contributed by atoms with Gasteiger partial charge in [-0.15, -0.1) is 0 Å². The molecule has 2 nitrogen and oxygen atoms in total. The van der Waals surface area contributed by atoms with Gasteiger partial charge < -0.3 is 0 Å². The Kier molecular flexibility index (Phi) is 5.46. The van der Waals surface area contributed by atoms with E-state index in [1.54, 1.807) is 0 Å². The molecule has 0 aliphatic carbocycles. The van der Waals surface area contributed by atoms with E-state index in [0.29, 0.717) is 11.6 Å². The van der Waals surface area contributed by atoms with E-state index >= 15 is 0 Å². The summed E-state index contributed by atoms with van der Waals surface area (Å²) >= 11 is 0. The zero-order valence-electron chi connectivity index (χ0n) is 6.46. The summed E-state index contributed by atoms with van der Waals surface area (Å²) in [6.45, 7) is 4.21. The minimum atomic E-state index is 0.566. The van der Waals surface area contributed by atoms with Gasteiger partial charge in [-0.05, 0) is 0 Å². The fourth-order valence-corrected chi connectivity index (χ4v) is 0.997. The van der Waals surface area contributed by atoms with Crippen molar-refractivity contribution in [3.05, 3.63) is 0 Å². The first-order chi connectivity index (χ1) is 4.66. The second-order valence-corrected chi connectivity index (χ2v) is 3.40. The Labute approximate surface area is 63.4 Å². The van der Waals surface area contributed by atoms with Gasteiger partial charge in [-0.2, -0.15) is 0 Å². The number of nitrogens with one attached hydrogen (secondary N) is 1. The molecule has 56 valence electrons. The molecule has 0 amide bonds. The van der Waals surface area contributed by atoms with E-state index in [-0.39, 0.29) is 0 Å². The topological polar surface area (TPSA) is 49.9 Å². The first kappa shape index (κ1) is 9.80. The third-order valence-corrected chi connectivity index (χ3v) is 1.58. The number of hydrogen-bond donors (Lipinski definition) is 2. The summed E-state index contributed by atoms with van der Waals surface area (Å²) in [6.07, 6.45) is 0.848. The first-order valence-corrected chi connectivity index (χ1v) is 4.34. The molecule has 0 fully saturated rings. The van der Waals surface area contributed by atoms with Gasteiger partial charge in [-0.1, -0.05) is 0 Å². The molecular weight excluding hydrogens is 143 g/mol. The molecule has 0 saturated heterocycles. The average molecular weight is 157 g/mol. The normalized spacial score (nSPS) is 9.20. The third kappa shape index (κ3) is 5.93. The molecule has 0 saturated carbocycles. The molecule has 0 heterocycles. The van der Waals surface area contributed by atoms with E-state index in [1.165, 1.54) is 5.92 Å². The Hall–Kier alpha value is -0.200. The van der Waals surface area contributed by atoms with Crippen LogP contribution in [0.1, 0.15) is 20.3 Å². The van der Waals surface area contributed by atoms with Crippen LogP contribution in [0.4, 0.5) is 0 Å². The van der Waals surface area contributed by atoms with E-state index in [0.717, 1.165) is 14.2 Å². The Morgan fingerprint density at radius 1 is 1.70 bits per heavy atom. The molecule has 10 heavy (non-hydrogen) atoms. The molecule has 0 aromatic rings. The molecule has 0 aromatic carbocycles. The molecule has 0 aromatic heterocycles. The van der Waals surface area contributed by atoms with E-state index in [9.17, 15) is 0 Å². The van der Waals surface area contributed by atoms with Crippen molar-refractivity contribution < 1.29 is 0 Å². The predicted octanol–water partition coefficient (Wildman–Crippen LogP) is 1.52. The molecule has 3 N–H and O–H groups in total. The second-order valence-electron chi connectivity index (χ2n) is 2.55. The van der Waals surface area contributed by atoms with Gasteiger partial charge in [0.2, 0.25) is 0 Å². The third-order valence-electron chi connectivity index (χ3n) is 0.945. The van der Waals surface area contributed by atoms with E-state index in [2.05, 4.69) is 13.8 Å². The zero-order chi connectivity index (χ0) is 7.98. The fourth-order valence-electron chi connectivity index (χ4n) is 0.626. The summed E-state index contributed by atoms with van der Waals surface area (Å²) in [7, 11) is 0.930. The van der Waals surface area contributed by atoms with Crippen LogP contribution in [0.25, 0.3) is 0 Å². The molecule has 0 bridgehead atoms. The number of nitrogens with two attached hydrogens (primary N) is 1. The van der Waals surface area contributed by atoms with Gasteiger partial charge in [-0.25, -0.2) is 0 Å². The van der Waals surface area contributed by atoms with Gasteiger partial charge in [0.1, 0.15) is 0 Å². The van der Waals surface area contributed by atoms with Crippen LogP contribution in [-0.2, 0) is 0 Å². The van der Waals surface area contributed by atoms with Crippen molar-refractivity contribution in [2.75, 3.05) is 0 Å². The van der Waals surface area contributed by atoms with Crippen molar-refractivity contribution in [2.45, 2.75) is 20.3 Å². The Bertz CT molecular complexity index is 166. The summed E-state index contributed by atoms with van der Waals surface area (Å²) in [5, 5.41) is 7.38. The van der Waals surface area contributed by atoms with Gasteiger partial charge >= 0.3 is 62.6 Å². The van der Waals surface area contributed by atoms with Crippen LogP contribution < -0.4 is 5.73 Å². The van der Waals surface area contributed by atoms with Crippen molar-refractivity contribution in [1.82, 2.24) is 0 Å². The van der Waals surface area contributed by atoms with E-state index < -0.39 is 0 Å². The molecule has 0 unspecified atom stereocenters. The van der Waals surface area contributed by atoms with Crippen molar-refractivity contribution >= 4 is 25.3 Å². The Balaban J connectivity index is 3.76. The van der Waals surface area contributed by atoms with Gasteiger partial charge in [0.15, 0.2) is 0 Å². The quantitative estimate of drug-likeness (QED) is 0.473. The van der Waals surface area contributed by atoms with Crippen molar-refractivity contribution in [3.8, 4) is 0 Å². The van der Waals surface area contributed by atoms with Crippen LogP contribution in [0.15, 0.2) is 0 Å². The van der Waals surface area contributed by atoms with Gasteiger partial charge in [0, 0.05) is 0 Å². The van der Waals surface area contributed by atoms with E-state index in [4.69, 9.17) is 11.1 Å². The SMILES string of the molecule is CC(C)CC(=N)C=[P+]=CN. The second kappa shape index (κ2) is 5.57. The van der Waals surface area contributed by atoms with Crippen LogP contribution in [-0.4, -0.2) is 17.4 Å². The molecule has 0 radical (unpaired) electrons. The monoisotopic (exact) mass is 157 g/mol. The van der Waals surface area contributed by atoms with Crippen molar-refractivity contribution in [1.29, 1.82) is 5.41 Å². The summed E-state index contributed by atoms with van der Waals surface area (Å²) in [5.74, 6) is 3.92. The molecular formula is C7H14N2P+. The Morgan fingerprint density at radius 3 is 2.70 bits per heavy atom. The summed E-state index contributed by atoms with van der Waals surface area (Å²) in [5.41, 5.74) is 5.82. The van der Waals surface area contributed by atoms with Gasteiger partial charge in [0.05, 0.1) is 0 Å². The van der Waals surface area contributed by atoms with Gasteiger partial charge in [-0.3, -0.25) is 0 Å². The molecule has 0 rings (SSSR count). The summed E-state index contributed by atoms with van der Waals surface area (Å²) in [4.78, 5) is 0. The average Bonchev–Trinajstić information content (AvgIpc) is 1.82. The summed E-state index contributed by atoms with van der Waals surface area (Å²) in [6, 6.07) is 0. The van der Waals surface area contributed by atoms with E-state index in [1.807, 2.05) is 5.80 Å². The minimum absolute atomic E-state index is 0.566. The zero-order valence-corrected chi connectivity index (χ0v) is 7.36. The maximum absolute atomic E-state index is 7.38. The maximum atomic E-state index is 7.38. The van der Waals surface area contributed by atoms with Crippen LogP contribution in [0.2, 0.25) is 0 Å². The Morgan fingerprint density at radius 2 is 2.30 bits per heavy atom. The van der Waals surface area contributed by atoms with Crippen LogP contribution >= 0.6 is 7.83 Å². The van der Waals surface area contributed by atoms with Crippen molar-refractivity contribution in [2.24, 2.45) is 11.7 Å². The number of rotatable bonds is 3. The fraction of sp³-hybridized carbons (Fsp3) is 0.571. The molecule has 0 atom stereocenters. The van der Waals surface area contributed by atoms with Crippen LogP contribution in [0, 0.1) is 11.3 Å². The first-order valence-electron chi connectivity index (χ1n) is 3.30. The predicted molar refractivity (Wildman–Crippen MR) is 50.4 cm³/mol. The molecule has 0 aliphatic rings. The molecule has 0 spiro atoms. The van der Waals surface area contributed by atoms with Crippen molar-refractivity contribution in [3.63, 3.8) is 0 Å². The van der Waals surface area contributed by atoms with Crippen LogP contribution in [0.5, 0.6) is 0 Å².